The third-order valence-corrected chi connectivity index (χ3v) is 15.9. The lowest BCUT2D eigenvalue weighted by Crippen LogP contribution is -2.47. The Kier molecular flexibility index (Phi) is 11.6. The highest BCUT2D eigenvalue weighted by atomic mass is 32.2. The van der Waals surface area contributed by atoms with Crippen molar-refractivity contribution in [2.75, 3.05) is 32.8 Å². The number of fused-ring (bicyclic) bond motifs is 2. The van der Waals surface area contributed by atoms with Gasteiger partial charge in [0.15, 0.2) is 36.8 Å². The van der Waals surface area contributed by atoms with Crippen LogP contribution in [0, 0.1) is 10.8 Å². The summed E-state index contributed by atoms with van der Waals surface area (Å²) >= 11 is 0. The van der Waals surface area contributed by atoms with Crippen molar-refractivity contribution in [1.82, 2.24) is 0 Å². The van der Waals surface area contributed by atoms with Crippen molar-refractivity contribution >= 4 is 65.8 Å². The number of nitrogens with zero attached hydrogens (tertiary/aromatic N) is 2. The van der Waals surface area contributed by atoms with E-state index < -0.39 is 61.2 Å². The maximum atomic E-state index is 13.0. The van der Waals surface area contributed by atoms with Gasteiger partial charge in [-0.15, -0.1) is 0 Å². The summed E-state index contributed by atoms with van der Waals surface area (Å²) < 4.78 is 105. The number of carbonyl (C=O) groups excluding carboxylic acids is 4. The van der Waals surface area contributed by atoms with E-state index in [-0.39, 0.29) is 81.6 Å². The van der Waals surface area contributed by atoms with Crippen molar-refractivity contribution in [2.45, 2.75) is 65.3 Å². The number of sulfone groups is 2. The molecule has 2 saturated heterocycles. The number of carbonyl (C=O) groups is 4. The Balaban J connectivity index is 0.000000189. The minimum absolute atomic E-state index is 0.00360. The lowest BCUT2D eigenvalue weighted by Gasteiger charge is -2.37. The van der Waals surface area contributed by atoms with Crippen LogP contribution in [0.2, 0.25) is 0 Å². The Morgan fingerprint density at radius 2 is 1.13 bits per heavy atom. The van der Waals surface area contributed by atoms with E-state index in [1.54, 1.807) is 45.0 Å². The van der Waals surface area contributed by atoms with E-state index in [9.17, 15) is 58.7 Å². The lowest BCUT2D eigenvalue weighted by atomic mass is 9.85. The van der Waals surface area contributed by atoms with Crippen LogP contribution in [0.4, 0.5) is 40.3 Å². The van der Waals surface area contributed by atoms with Gasteiger partial charge < -0.3 is 14.6 Å². The van der Waals surface area contributed by atoms with Gasteiger partial charge in [0.1, 0.15) is 11.5 Å². The number of rotatable bonds is 12. The van der Waals surface area contributed by atoms with Crippen LogP contribution >= 0.6 is 0 Å². The molecule has 4 heterocycles. The molecule has 0 saturated carbocycles. The number of Topliss-reactive ketones (excluding diaryl/α,β-unsaturated/α-hetero) is 2. The molecule has 1 N–H and O–H groups in total. The van der Waals surface area contributed by atoms with E-state index in [2.05, 4.69) is 9.47 Å². The molecule has 19 heteroatoms. The smallest absolute Gasteiger partial charge is 0.387 e. The minimum atomic E-state index is -3.10. The Bertz CT molecular complexity index is 2750. The number of ketones is 2. The molecule has 63 heavy (non-hydrogen) atoms. The van der Waals surface area contributed by atoms with Crippen LogP contribution in [0.5, 0.6) is 11.5 Å². The summed E-state index contributed by atoms with van der Waals surface area (Å²) in [5.74, 6) is -2.27. The zero-order valence-corrected chi connectivity index (χ0v) is 35.9. The summed E-state index contributed by atoms with van der Waals surface area (Å²) in [6.45, 7) is 0.515. The van der Waals surface area contributed by atoms with Crippen molar-refractivity contribution in [3.63, 3.8) is 0 Å². The highest BCUT2D eigenvalue weighted by Gasteiger charge is 2.49. The number of hydrogen-bond donors (Lipinski definition) is 1. The molecule has 8 rings (SSSR count). The molecule has 0 bridgehead atoms. The van der Waals surface area contributed by atoms with Crippen LogP contribution in [0.15, 0.2) is 84.9 Å². The van der Waals surface area contributed by atoms with Crippen LogP contribution in [-0.2, 0) is 34.9 Å². The molecule has 0 spiro atoms. The van der Waals surface area contributed by atoms with Crippen LogP contribution in [0.25, 0.3) is 0 Å². The molecule has 0 aromatic heterocycles. The van der Waals surface area contributed by atoms with E-state index in [1.165, 1.54) is 77.4 Å². The molecule has 2 fully saturated rings. The third kappa shape index (κ3) is 9.22. The van der Waals surface area contributed by atoms with Gasteiger partial charge in [0.05, 0.1) is 51.7 Å². The molecule has 2 atom stereocenters. The molecule has 2 amide bonds. The fourth-order valence-corrected chi connectivity index (χ4v) is 13.3. The van der Waals surface area contributed by atoms with Gasteiger partial charge >= 0.3 is 13.2 Å². The topological polar surface area (TPSA) is 182 Å². The first-order chi connectivity index (χ1) is 29.3. The van der Waals surface area contributed by atoms with Crippen molar-refractivity contribution < 1.29 is 68.2 Å². The highest BCUT2D eigenvalue weighted by molar-refractivity contribution is 7.93. The van der Waals surface area contributed by atoms with Gasteiger partial charge in [-0.25, -0.2) is 16.8 Å². The number of ether oxygens (including phenoxy) is 2. The Morgan fingerprint density at radius 1 is 0.683 bits per heavy atom. The quantitative estimate of drug-likeness (QED) is 0.112. The average molecular weight is 915 g/mol. The summed E-state index contributed by atoms with van der Waals surface area (Å²) in [7, 11) is -6.15. The second-order valence-corrected chi connectivity index (χ2v) is 21.4. The highest BCUT2D eigenvalue weighted by Crippen LogP contribution is 2.47. The number of aliphatic hydroxyl groups is 1. The van der Waals surface area contributed by atoms with Gasteiger partial charge in [-0.1, -0.05) is 26.0 Å². The number of hydrogen-bond acceptors (Lipinski definition) is 11. The zero-order valence-electron chi connectivity index (χ0n) is 34.3. The van der Waals surface area contributed by atoms with Crippen molar-refractivity contribution in [1.29, 1.82) is 0 Å². The van der Waals surface area contributed by atoms with Gasteiger partial charge in [-0.05, 0) is 80.1 Å². The Labute approximate surface area is 360 Å². The lowest BCUT2D eigenvalue weighted by molar-refractivity contribution is -0.133. The van der Waals surface area contributed by atoms with Gasteiger partial charge in [-0.3, -0.25) is 29.0 Å². The summed E-state index contributed by atoms with van der Waals surface area (Å²) in [4.78, 5) is 54.1. The SMILES string of the molecule is CC1(CC(=O)c2ccc3c(c2)C(C)(O)C(=O)N3c2cccc(OC(F)F)c2)CS(=O)(=O)C1.CC1C(=O)N(c2cccc(OC(F)F)c2)c2ccc(C(=O)CC3(C)CS(=O)(=O)C3)cc21. The number of alkyl halides is 4. The largest absolute Gasteiger partial charge is 0.435 e. The van der Waals surface area contributed by atoms with Crippen LogP contribution < -0.4 is 19.3 Å². The van der Waals surface area contributed by atoms with E-state index in [4.69, 9.17) is 0 Å². The maximum Gasteiger partial charge on any atom is 0.387 e. The number of halogens is 4. The second-order valence-electron chi connectivity index (χ2n) is 17.3. The third-order valence-electron chi connectivity index (χ3n) is 11.4. The molecule has 0 aliphatic carbocycles. The van der Waals surface area contributed by atoms with Gasteiger partial charge in [-0.2, -0.15) is 17.6 Å². The van der Waals surface area contributed by atoms with E-state index in [0.717, 1.165) is 0 Å². The zero-order chi connectivity index (χ0) is 46.0. The molecule has 4 aromatic carbocycles. The predicted octanol–water partition coefficient (Wildman–Crippen LogP) is 7.26. The summed E-state index contributed by atoms with van der Waals surface area (Å²) in [5.41, 5.74) is -0.142. The van der Waals surface area contributed by atoms with E-state index >= 15 is 0 Å². The van der Waals surface area contributed by atoms with Crippen LogP contribution in [0.3, 0.4) is 0 Å². The Morgan fingerprint density at radius 3 is 1.59 bits per heavy atom. The maximum absolute atomic E-state index is 13.0. The second kappa shape index (κ2) is 16.2. The molecule has 0 radical (unpaired) electrons. The minimum Gasteiger partial charge on any atom is -0.435 e. The first kappa shape index (κ1) is 45.4. The van der Waals surface area contributed by atoms with Crippen molar-refractivity contribution in [3.05, 3.63) is 107 Å². The van der Waals surface area contributed by atoms with Gasteiger partial charge in [0.2, 0.25) is 5.91 Å². The fourth-order valence-electron chi connectivity index (χ4n) is 8.80. The predicted molar refractivity (Wildman–Crippen MR) is 223 cm³/mol. The molecule has 4 aliphatic heterocycles. The van der Waals surface area contributed by atoms with Crippen molar-refractivity contribution in [3.8, 4) is 11.5 Å². The standard InChI is InChI=1S/C22H21F2NO6S.C22H21F2NO5S/c1-21(11-32(29,30)12-21)10-18(26)13-6-7-17-16(8-13)22(2,28)19(27)25(17)14-4-3-5-15(9-14)31-20(23)24;1-13-17-8-14(19(26)10-22(2)11-31(28,29)12-22)6-7-18(17)25(20(13)27)15-4-3-5-16(9-15)30-21(23)24/h3-9,20,28H,10-12H2,1-2H3;3-9,13,21H,10-12H2,1-2H3. The van der Waals surface area contributed by atoms with E-state index in [0.29, 0.717) is 28.2 Å². The summed E-state index contributed by atoms with van der Waals surface area (Å²) in [6, 6.07) is 20.8. The molecule has 2 unspecified atom stereocenters. The molecular weight excluding hydrogens is 873 g/mol. The number of anilines is 4. The number of amides is 2. The molecular formula is C44H42F4N2O11S2. The summed E-state index contributed by atoms with van der Waals surface area (Å²) in [6.07, 6.45) is 0.141. The first-order valence-electron chi connectivity index (χ1n) is 19.6. The molecule has 4 aliphatic rings. The molecule has 4 aromatic rings. The van der Waals surface area contributed by atoms with Crippen LogP contribution in [0.1, 0.15) is 78.3 Å². The first-order valence-corrected chi connectivity index (χ1v) is 23.2. The van der Waals surface area contributed by atoms with Crippen molar-refractivity contribution in [2.24, 2.45) is 10.8 Å². The van der Waals surface area contributed by atoms with Gasteiger partial charge in [0.25, 0.3) is 5.91 Å². The normalized spacial score (nSPS) is 22.0. The fraction of sp³-hybridized carbons (Fsp3) is 0.364. The summed E-state index contributed by atoms with van der Waals surface area (Å²) in [5, 5.41) is 10.9. The van der Waals surface area contributed by atoms with E-state index in [1.807, 2.05) is 0 Å². The monoisotopic (exact) mass is 914 g/mol. The molecule has 13 nitrogen and oxygen atoms in total. The molecule has 334 valence electrons. The van der Waals surface area contributed by atoms with Gasteiger partial charge in [0, 0.05) is 52.5 Å². The van der Waals surface area contributed by atoms with Crippen LogP contribution in [-0.4, -0.2) is 81.6 Å². The Hall–Kier alpha value is -5.66. The number of benzene rings is 4. The average Bonchev–Trinajstić information content (AvgIpc) is 3.52.